The molecule has 1 aliphatic rings. The largest absolute Gasteiger partial charge is 0.493 e. The van der Waals surface area contributed by atoms with Crippen LogP contribution in [0.15, 0.2) is 84.9 Å². The average molecular weight is 782 g/mol. The van der Waals surface area contributed by atoms with Crippen LogP contribution in [0.1, 0.15) is 81.8 Å². The van der Waals surface area contributed by atoms with Gasteiger partial charge in [-0.25, -0.2) is 19.2 Å². The number of carboxylic acid groups (broad SMARTS) is 1. The monoisotopic (exact) mass is 781 g/mol. The Morgan fingerprint density at radius 2 is 1.18 bits per heavy atom. The van der Waals surface area contributed by atoms with Crippen molar-refractivity contribution in [2.45, 2.75) is 71.5 Å². The maximum Gasteiger partial charge on any atom is 0.411 e. The zero-order chi connectivity index (χ0) is 41.2. The van der Waals surface area contributed by atoms with E-state index in [2.05, 4.69) is 40.2 Å². The van der Waals surface area contributed by atoms with Crippen molar-refractivity contribution >= 4 is 29.9 Å². The molecule has 5 rings (SSSR count). The van der Waals surface area contributed by atoms with Gasteiger partial charge in [-0.2, -0.15) is 0 Å². The highest BCUT2D eigenvalue weighted by atomic mass is 16.6. The van der Waals surface area contributed by atoms with Gasteiger partial charge in [-0.05, 0) is 106 Å². The molecule has 4 N–H and O–H groups in total. The summed E-state index contributed by atoms with van der Waals surface area (Å²) in [5, 5.41) is 18.3. The SMILES string of the molecule is CC(C)(C)OC(=O)NCCCOc1cc(-c2cccc(NC(=O)OCC3c4ccccc4-c4ccccc43)c2)c(OCCCNC(=O)OC(C)(C)C)cc1C(=O)O. The molecule has 0 aromatic heterocycles. The summed E-state index contributed by atoms with van der Waals surface area (Å²) in [5.41, 5.74) is 4.57. The zero-order valence-electron chi connectivity index (χ0n) is 33.2. The summed E-state index contributed by atoms with van der Waals surface area (Å²) < 4.78 is 28.4. The van der Waals surface area contributed by atoms with E-state index >= 15 is 0 Å². The van der Waals surface area contributed by atoms with Crippen LogP contribution in [0.2, 0.25) is 0 Å². The summed E-state index contributed by atoms with van der Waals surface area (Å²) >= 11 is 0. The third-order valence-electron chi connectivity index (χ3n) is 8.57. The Labute approximate surface area is 333 Å². The number of rotatable bonds is 15. The topological polar surface area (TPSA) is 171 Å². The van der Waals surface area contributed by atoms with E-state index < -0.39 is 35.5 Å². The highest BCUT2D eigenvalue weighted by molar-refractivity contribution is 5.94. The fourth-order valence-corrected chi connectivity index (χ4v) is 6.23. The zero-order valence-corrected chi connectivity index (χ0v) is 33.2. The molecule has 0 bridgehead atoms. The van der Waals surface area contributed by atoms with E-state index in [1.165, 1.54) is 6.07 Å². The van der Waals surface area contributed by atoms with Gasteiger partial charge in [-0.3, -0.25) is 5.32 Å². The summed E-state index contributed by atoms with van der Waals surface area (Å²) in [6.07, 6.45) is -0.984. The lowest BCUT2D eigenvalue weighted by molar-refractivity contribution is 0.0513. The summed E-state index contributed by atoms with van der Waals surface area (Å²) in [6.45, 7) is 11.5. The van der Waals surface area contributed by atoms with Crippen molar-refractivity contribution in [3.8, 4) is 33.8 Å². The van der Waals surface area contributed by atoms with Crippen molar-refractivity contribution in [1.82, 2.24) is 10.6 Å². The lowest BCUT2D eigenvalue weighted by atomic mass is 9.98. The molecule has 4 aromatic carbocycles. The average Bonchev–Trinajstić information content (AvgIpc) is 3.46. The van der Waals surface area contributed by atoms with Gasteiger partial charge in [0, 0.05) is 30.3 Å². The number of carbonyl (C=O) groups excluding carboxylic acids is 3. The molecule has 57 heavy (non-hydrogen) atoms. The molecule has 0 saturated heterocycles. The Balaban J connectivity index is 1.30. The number of hydrogen-bond donors (Lipinski definition) is 4. The Bertz CT molecular complexity index is 2020. The summed E-state index contributed by atoms with van der Waals surface area (Å²) in [5.74, 6) is -0.996. The van der Waals surface area contributed by atoms with Gasteiger partial charge in [0.15, 0.2) is 0 Å². The number of amides is 3. The van der Waals surface area contributed by atoms with Gasteiger partial charge in [0.1, 0.15) is 34.9 Å². The fraction of sp³-hybridized carbons (Fsp3) is 0.364. The van der Waals surface area contributed by atoms with Crippen LogP contribution in [0.5, 0.6) is 11.5 Å². The van der Waals surface area contributed by atoms with Gasteiger partial charge in [-0.15, -0.1) is 0 Å². The van der Waals surface area contributed by atoms with E-state index in [9.17, 15) is 24.3 Å². The molecule has 0 radical (unpaired) electrons. The fourth-order valence-electron chi connectivity index (χ4n) is 6.23. The Kier molecular flexibility index (Phi) is 13.7. The molecule has 3 amide bonds. The molecular weight excluding hydrogens is 730 g/mol. The van der Waals surface area contributed by atoms with Crippen molar-refractivity contribution in [2.24, 2.45) is 0 Å². The third kappa shape index (κ3) is 12.1. The molecule has 0 spiro atoms. The van der Waals surface area contributed by atoms with Crippen LogP contribution in [-0.2, 0) is 14.2 Å². The van der Waals surface area contributed by atoms with Crippen molar-refractivity contribution in [1.29, 1.82) is 0 Å². The van der Waals surface area contributed by atoms with Crippen LogP contribution >= 0.6 is 0 Å². The molecule has 13 heteroatoms. The predicted molar refractivity (Wildman–Crippen MR) is 216 cm³/mol. The van der Waals surface area contributed by atoms with Crippen molar-refractivity contribution < 1.29 is 48.0 Å². The smallest absolute Gasteiger partial charge is 0.411 e. The molecule has 1 aliphatic carbocycles. The number of nitrogens with one attached hydrogen (secondary N) is 3. The molecule has 0 atom stereocenters. The maximum absolute atomic E-state index is 13.2. The summed E-state index contributed by atoms with van der Waals surface area (Å²) in [6, 6.07) is 26.1. The Hall–Kier alpha value is -6.24. The van der Waals surface area contributed by atoms with Crippen LogP contribution in [0.3, 0.4) is 0 Å². The second-order valence-corrected chi connectivity index (χ2v) is 15.4. The van der Waals surface area contributed by atoms with Crippen LogP contribution in [-0.4, -0.2) is 73.5 Å². The van der Waals surface area contributed by atoms with E-state index in [1.807, 2.05) is 24.3 Å². The number of aromatic carboxylic acids is 1. The first-order valence-electron chi connectivity index (χ1n) is 18.9. The number of alkyl carbamates (subject to hydrolysis) is 2. The summed E-state index contributed by atoms with van der Waals surface area (Å²) in [7, 11) is 0. The minimum Gasteiger partial charge on any atom is -0.493 e. The molecule has 13 nitrogen and oxygen atoms in total. The molecule has 0 saturated carbocycles. The number of anilines is 1. The number of carbonyl (C=O) groups is 4. The van der Waals surface area contributed by atoms with Crippen molar-refractivity contribution in [3.63, 3.8) is 0 Å². The van der Waals surface area contributed by atoms with Gasteiger partial charge in [0.2, 0.25) is 0 Å². The number of fused-ring (bicyclic) bond motifs is 3. The molecule has 0 unspecified atom stereocenters. The molecule has 302 valence electrons. The lowest BCUT2D eigenvalue weighted by Gasteiger charge is -2.20. The van der Waals surface area contributed by atoms with Crippen LogP contribution in [0, 0.1) is 0 Å². The predicted octanol–water partition coefficient (Wildman–Crippen LogP) is 9.00. The van der Waals surface area contributed by atoms with Gasteiger partial charge in [-0.1, -0.05) is 60.7 Å². The van der Waals surface area contributed by atoms with Gasteiger partial charge in [0.05, 0.1) is 13.2 Å². The van der Waals surface area contributed by atoms with Crippen LogP contribution < -0.4 is 25.4 Å². The molecular formula is C44H51N3O10. The van der Waals surface area contributed by atoms with E-state index in [1.54, 1.807) is 71.9 Å². The third-order valence-corrected chi connectivity index (χ3v) is 8.57. The summed E-state index contributed by atoms with van der Waals surface area (Å²) in [4.78, 5) is 49.8. The Morgan fingerprint density at radius 1 is 0.632 bits per heavy atom. The highest BCUT2D eigenvalue weighted by Gasteiger charge is 2.29. The van der Waals surface area contributed by atoms with E-state index in [0.29, 0.717) is 29.7 Å². The lowest BCUT2D eigenvalue weighted by Crippen LogP contribution is -2.33. The first-order chi connectivity index (χ1) is 27.1. The van der Waals surface area contributed by atoms with Gasteiger partial charge < -0.3 is 39.4 Å². The normalized spacial score (nSPS) is 12.1. The number of carboxylic acids is 1. The van der Waals surface area contributed by atoms with E-state index in [4.69, 9.17) is 23.7 Å². The number of ether oxygens (including phenoxy) is 5. The number of benzene rings is 4. The quantitative estimate of drug-likeness (QED) is 0.0674. The highest BCUT2D eigenvalue weighted by Crippen LogP contribution is 2.44. The van der Waals surface area contributed by atoms with Crippen LogP contribution in [0.25, 0.3) is 22.3 Å². The Morgan fingerprint density at radius 3 is 1.72 bits per heavy atom. The van der Waals surface area contributed by atoms with E-state index in [0.717, 1.165) is 22.3 Å². The second kappa shape index (κ2) is 18.6. The molecule has 0 aliphatic heterocycles. The second-order valence-electron chi connectivity index (χ2n) is 15.4. The molecule has 4 aromatic rings. The number of hydrogen-bond acceptors (Lipinski definition) is 9. The minimum absolute atomic E-state index is 0.0867. The van der Waals surface area contributed by atoms with Crippen molar-refractivity contribution in [2.75, 3.05) is 38.2 Å². The van der Waals surface area contributed by atoms with Gasteiger partial charge in [0.25, 0.3) is 0 Å². The first kappa shape index (κ1) is 41.9. The maximum atomic E-state index is 13.2. The van der Waals surface area contributed by atoms with Crippen LogP contribution in [0.4, 0.5) is 20.1 Å². The standard InChI is InChI=1S/C44H51N3O10/c1-43(2,3)56-40(50)45-20-12-22-53-37-26-35(39(48)49)38(54-23-13-21-46-41(51)57-44(4,5)6)25-34(37)28-14-11-15-29(24-28)47-42(52)55-27-36-32-18-9-7-16-30(32)31-17-8-10-19-33(31)36/h7-11,14-19,24-26,36H,12-13,20-23,27H2,1-6H3,(H,45,50)(H,46,51)(H,47,52)(H,48,49). The minimum atomic E-state index is -1.23. The molecule has 0 fully saturated rings. The first-order valence-corrected chi connectivity index (χ1v) is 18.9. The van der Waals surface area contributed by atoms with E-state index in [-0.39, 0.29) is 55.9 Å². The molecule has 0 heterocycles. The van der Waals surface area contributed by atoms with Gasteiger partial charge >= 0.3 is 24.2 Å². The van der Waals surface area contributed by atoms with Crippen molar-refractivity contribution in [3.05, 3.63) is 102 Å².